The van der Waals surface area contributed by atoms with Gasteiger partial charge >= 0.3 is 0 Å². The number of aromatic nitrogens is 2. The molecule has 4 rings (SSSR count). The van der Waals surface area contributed by atoms with Crippen molar-refractivity contribution in [1.29, 1.82) is 0 Å². The van der Waals surface area contributed by atoms with Gasteiger partial charge in [0.15, 0.2) is 0 Å². The molecule has 1 fully saturated rings. The van der Waals surface area contributed by atoms with Crippen LogP contribution in [0.2, 0.25) is 0 Å². The number of likely N-dealkylation sites (tertiary alicyclic amines) is 1. The number of hydrogen-bond acceptors (Lipinski definition) is 5. The highest BCUT2D eigenvalue weighted by Crippen LogP contribution is 2.36. The fourth-order valence-electron chi connectivity index (χ4n) is 4.06. The Labute approximate surface area is 169 Å². The van der Waals surface area contributed by atoms with Gasteiger partial charge in [0.05, 0.1) is 22.3 Å². The van der Waals surface area contributed by atoms with Crippen LogP contribution in [-0.4, -0.2) is 46.6 Å². The summed E-state index contributed by atoms with van der Waals surface area (Å²) in [5.74, 6) is 0.111. The van der Waals surface area contributed by atoms with Crippen LogP contribution >= 0.6 is 11.3 Å². The molecule has 1 atom stereocenters. The third kappa shape index (κ3) is 3.98. The fraction of sp³-hybridized carbons (Fsp3) is 0.550. The number of fused-ring (bicyclic) bond motifs is 1. The Morgan fingerprint density at radius 1 is 1.32 bits per heavy atom. The summed E-state index contributed by atoms with van der Waals surface area (Å²) in [4.78, 5) is 28.5. The smallest absolute Gasteiger partial charge is 0.261 e. The molecule has 2 amide bonds. The summed E-state index contributed by atoms with van der Waals surface area (Å²) in [6.45, 7) is 3.61. The van der Waals surface area contributed by atoms with Gasteiger partial charge in [-0.15, -0.1) is 11.3 Å². The minimum atomic E-state index is -0.0684. The molecule has 0 spiro atoms. The van der Waals surface area contributed by atoms with E-state index in [1.165, 1.54) is 17.0 Å². The van der Waals surface area contributed by atoms with Gasteiger partial charge in [-0.05, 0) is 44.0 Å². The topological polar surface area (TPSA) is 79.3 Å². The molecule has 150 valence electrons. The van der Waals surface area contributed by atoms with Crippen molar-refractivity contribution in [3.63, 3.8) is 0 Å². The minimum Gasteiger partial charge on any atom is -0.354 e. The molecule has 2 aromatic heterocycles. The zero-order valence-electron chi connectivity index (χ0n) is 16.2. The Kier molecular flexibility index (Phi) is 5.77. The molecule has 0 saturated carbocycles. The lowest BCUT2D eigenvalue weighted by molar-refractivity contribution is -0.132. The number of hydrogen-bond donors (Lipinski definition) is 2. The molecule has 0 unspecified atom stereocenters. The van der Waals surface area contributed by atoms with E-state index in [9.17, 15) is 9.59 Å². The Balaban J connectivity index is 1.38. The van der Waals surface area contributed by atoms with Crippen LogP contribution in [0.5, 0.6) is 0 Å². The zero-order valence-corrected chi connectivity index (χ0v) is 17.1. The highest BCUT2D eigenvalue weighted by Gasteiger charge is 2.31. The van der Waals surface area contributed by atoms with Crippen molar-refractivity contribution in [2.75, 3.05) is 20.1 Å². The molecular formula is C20H27N5O2S. The van der Waals surface area contributed by atoms with Crippen LogP contribution in [0, 0.1) is 0 Å². The number of nitrogens with one attached hydrogen (secondary N) is 2. The summed E-state index contributed by atoms with van der Waals surface area (Å²) in [6.07, 6.45) is 4.21. The summed E-state index contributed by atoms with van der Waals surface area (Å²) in [6, 6.07) is 6.07. The van der Waals surface area contributed by atoms with E-state index in [1.807, 2.05) is 17.0 Å². The van der Waals surface area contributed by atoms with E-state index in [0.29, 0.717) is 17.7 Å². The van der Waals surface area contributed by atoms with Gasteiger partial charge in [-0.3, -0.25) is 14.3 Å². The predicted molar refractivity (Wildman–Crippen MR) is 108 cm³/mol. The molecule has 2 N–H and O–H groups in total. The first kappa shape index (κ1) is 19.1. The maximum absolute atomic E-state index is 12.9. The molecule has 1 saturated heterocycles. The van der Waals surface area contributed by atoms with Crippen molar-refractivity contribution in [3.05, 3.63) is 39.3 Å². The average molecular weight is 402 g/mol. The van der Waals surface area contributed by atoms with Gasteiger partial charge in [-0.25, -0.2) is 0 Å². The van der Waals surface area contributed by atoms with Crippen molar-refractivity contribution < 1.29 is 9.59 Å². The number of rotatable bonds is 5. The number of nitrogens with zero attached hydrogens (tertiary/aromatic N) is 3. The van der Waals surface area contributed by atoms with Crippen LogP contribution in [0.15, 0.2) is 18.2 Å². The van der Waals surface area contributed by atoms with E-state index in [4.69, 9.17) is 0 Å². The van der Waals surface area contributed by atoms with E-state index < -0.39 is 0 Å². The highest BCUT2D eigenvalue weighted by atomic mass is 32.1. The number of thiophene rings is 1. The normalized spacial score (nSPS) is 19.3. The van der Waals surface area contributed by atoms with E-state index >= 15 is 0 Å². The molecule has 2 aliphatic rings. The standard InChI is InChI=1S/C20H27N5O2S/c1-21-20(27)18-7-6-17(28-18)16-4-2-10-24(16)19(26)8-5-14-12-15-13-22-9-3-11-25(15)23-14/h6-7,12,16,22H,2-5,8-11,13H2,1H3,(H,21,27)/t16-/m0/s1. The quantitative estimate of drug-likeness (QED) is 0.804. The highest BCUT2D eigenvalue weighted by molar-refractivity contribution is 7.14. The number of amides is 2. The van der Waals surface area contributed by atoms with Crippen molar-refractivity contribution in [1.82, 2.24) is 25.3 Å². The lowest BCUT2D eigenvalue weighted by Crippen LogP contribution is -2.30. The SMILES string of the molecule is CNC(=O)c1ccc([C@@H]2CCCN2C(=O)CCc2cc3n(n2)CCCNC3)s1. The lowest BCUT2D eigenvalue weighted by Gasteiger charge is -2.23. The molecule has 0 radical (unpaired) electrons. The van der Waals surface area contributed by atoms with Gasteiger partial charge in [-0.1, -0.05) is 0 Å². The third-order valence-electron chi connectivity index (χ3n) is 5.52. The maximum Gasteiger partial charge on any atom is 0.261 e. The number of carbonyl (C=O) groups excluding carboxylic acids is 2. The van der Waals surface area contributed by atoms with E-state index in [-0.39, 0.29) is 17.9 Å². The molecule has 28 heavy (non-hydrogen) atoms. The first-order valence-electron chi connectivity index (χ1n) is 10.0. The molecule has 0 bridgehead atoms. The van der Waals surface area contributed by atoms with Crippen molar-refractivity contribution in [2.24, 2.45) is 0 Å². The molecule has 2 aromatic rings. The second kappa shape index (κ2) is 8.45. The predicted octanol–water partition coefficient (Wildman–Crippen LogP) is 2.09. The third-order valence-corrected chi connectivity index (χ3v) is 6.70. The lowest BCUT2D eigenvalue weighted by atomic mass is 10.1. The zero-order chi connectivity index (χ0) is 19.5. The van der Waals surface area contributed by atoms with E-state index in [0.717, 1.165) is 56.0 Å². The Morgan fingerprint density at radius 2 is 2.21 bits per heavy atom. The van der Waals surface area contributed by atoms with E-state index in [2.05, 4.69) is 26.5 Å². The molecule has 4 heterocycles. The average Bonchev–Trinajstić information content (AvgIpc) is 3.42. The molecule has 8 heteroatoms. The Morgan fingerprint density at radius 3 is 3.07 bits per heavy atom. The fourth-order valence-corrected chi connectivity index (χ4v) is 5.16. The first-order valence-corrected chi connectivity index (χ1v) is 10.8. The van der Waals surface area contributed by atoms with Gasteiger partial charge in [0.2, 0.25) is 5.91 Å². The van der Waals surface area contributed by atoms with Gasteiger partial charge in [-0.2, -0.15) is 5.10 Å². The van der Waals surface area contributed by atoms with Crippen LogP contribution in [0.3, 0.4) is 0 Å². The Hall–Kier alpha value is -2.19. The van der Waals surface area contributed by atoms with Crippen LogP contribution in [-0.2, 0) is 24.3 Å². The van der Waals surface area contributed by atoms with Crippen molar-refractivity contribution in [2.45, 2.75) is 51.2 Å². The second-order valence-corrected chi connectivity index (χ2v) is 8.52. The van der Waals surface area contributed by atoms with Gasteiger partial charge < -0.3 is 15.5 Å². The van der Waals surface area contributed by atoms with E-state index in [1.54, 1.807) is 7.05 Å². The Bertz CT molecular complexity index is 835. The largest absolute Gasteiger partial charge is 0.354 e. The number of aryl methyl sites for hydroxylation is 2. The van der Waals surface area contributed by atoms with Crippen molar-refractivity contribution in [3.8, 4) is 0 Å². The first-order chi connectivity index (χ1) is 13.7. The summed E-state index contributed by atoms with van der Waals surface area (Å²) in [7, 11) is 1.64. The monoisotopic (exact) mass is 401 g/mol. The molecule has 7 nitrogen and oxygen atoms in total. The summed E-state index contributed by atoms with van der Waals surface area (Å²) >= 11 is 1.49. The van der Waals surface area contributed by atoms with Crippen LogP contribution < -0.4 is 10.6 Å². The molecule has 0 aliphatic carbocycles. The maximum atomic E-state index is 12.9. The van der Waals surface area contributed by atoms with Crippen molar-refractivity contribution >= 4 is 23.2 Å². The minimum absolute atomic E-state index is 0.0684. The van der Waals surface area contributed by atoms with Crippen LogP contribution in [0.25, 0.3) is 0 Å². The molecule has 0 aromatic carbocycles. The molecule has 2 aliphatic heterocycles. The van der Waals surface area contributed by atoms with Crippen LogP contribution in [0.1, 0.15) is 57.7 Å². The van der Waals surface area contributed by atoms with Gasteiger partial charge in [0.25, 0.3) is 5.91 Å². The summed E-state index contributed by atoms with van der Waals surface area (Å²) in [5, 5.41) is 10.7. The molecular weight excluding hydrogens is 374 g/mol. The van der Waals surface area contributed by atoms with Gasteiger partial charge in [0, 0.05) is 44.4 Å². The summed E-state index contributed by atoms with van der Waals surface area (Å²) in [5.41, 5.74) is 2.21. The summed E-state index contributed by atoms with van der Waals surface area (Å²) < 4.78 is 2.07. The van der Waals surface area contributed by atoms with Crippen LogP contribution in [0.4, 0.5) is 0 Å². The second-order valence-electron chi connectivity index (χ2n) is 7.41. The van der Waals surface area contributed by atoms with Gasteiger partial charge in [0.1, 0.15) is 0 Å². The number of carbonyl (C=O) groups is 2.